The lowest BCUT2D eigenvalue weighted by atomic mass is 9.88. The van der Waals surface area contributed by atoms with Gasteiger partial charge in [0.1, 0.15) is 0 Å². The van der Waals surface area contributed by atoms with E-state index in [0.29, 0.717) is 17.9 Å². The minimum atomic E-state index is 0.264. The van der Waals surface area contributed by atoms with E-state index in [0.717, 1.165) is 77.7 Å². The Morgan fingerprint density at radius 2 is 1.83 bits per heavy atom. The second-order valence-corrected chi connectivity index (χ2v) is 9.43. The van der Waals surface area contributed by atoms with Crippen LogP contribution in [0.2, 0.25) is 0 Å². The fourth-order valence-corrected chi connectivity index (χ4v) is 5.04. The van der Waals surface area contributed by atoms with E-state index in [2.05, 4.69) is 41.2 Å². The number of hydrogen-bond donors (Lipinski definition) is 2. The Hall–Kier alpha value is -1.34. The average Bonchev–Trinajstić information content (AvgIpc) is 3.23. The molecule has 0 radical (unpaired) electrons. The third-order valence-electron chi connectivity index (χ3n) is 6.86. The number of aliphatic imine (C=N–C) groups is 1. The molecule has 7 nitrogen and oxygen atoms in total. The van der Waals surface area contributed by atoms with Crippen LogP contribution >= 0.6 is 0 Å². The smallest absolute Gasteiger partial charge is 0.225 e. The molecule has 3 rings (SSSR count). The molecule has 2 aliphatic heterocycles. The summed E-state index contributed by atoms with van der Waals surface area (Å²) in [6.45, 7) is 13.6. The van der Waals surface area contributed by atoms with Crippen molar-refractivity contribution in [2.75, 3.05) is 52.5 Å². The highest BCUT2D eigenvalue weighted by molar-refractivity contribution is 5.81. The van der Waals surface area contributed by atoms with Crippen LogP contribution in [0.3, 0.4) is 0 Å². The van der Waals surface area contributed by atoms with Gasteiger partial charge in [0.15, 0.2) is 5.96 Å². The molecule has 2 atom stereocenters. The lowest BCUT2D eigenvalue weighted by Crippen LogP contribution is -2.49. The summed E-state index contributed by atoms with van der Waals surface area (Å²) in [6.07, 6.45) is 6.87. The van der Waals surface area contributed by atoms with E-state index >= 15 is 0 Å². The van der Waals surface area contributed by atoms with Crippen molar-refractivity contribution in [2.45, 2.75) is 71.4 Å². The van der Waals surface area contributed by atoms with Crippen molar-refractivity contribution < 1.29 is 9.53 Å². The van der Waals surface area contributed by atoms with Gasteiger partial charge in [0.2, 0.25) is 5.91 Å². The van der Waals surface area contributed by atoms with Gasteiger partial charge in [-0.3, -0.25) is 14.7 Å². The molecule has 0 spiro atoms. The Morgan fingerprint density at radius 1 is 1.10 bits per heavy atom. The molecule has 2 heterocycles. The van der Waals surface area contributed by atoms with E-state index in [1.807, 2.05) is 0 Å². The zero-order valence-corrected chi connectivity index (χ0v) is 19.4. The summed E-state index contributed by atoms with van der Waals surface area (Å²) in [5, 5.41) is 7.01. The lowest BCUT2D eigenvalue weighted by molar-refractivity contribution is -0.135. The maximum absolute atomic E-state index is 12.9. The molecule has 172 valence electrons. The molecule has 0 aromatic rings. The number of likely N-dealkylation sites (tertiary alicyclic amines) is 1. The highest BCUT2D eigenvalue weighted by atomic mass is 16.5. The lowest BCUT2D eigenvalue weighted by Gasteiger charge is -2.36. The van der Waals surface area contributed by atoms with Crippen LogP contribution in [0, 0.1) is 11.8 Å². The molecule has 0 aromatic carbocycles. The second kappa shape index (κ2) is 11.9. The topological polar surface area (TPSA) is 69.2 Å². The number of morpholine rings is 1. The maximum atomic E-state index is 12.9. The molecular formula is C23H43N5O2. The Bertz CT molecular complexity index is 556. The number of ether oxygens (including phenoxy) is 1. The summed E-state index contributed by atoms with van der Waals surface area (Å²) in [5.74, 6) is 2.08. The van der Waals surface area contributed by atoms with E-state index in [4.69, 9.17) is 9.73 Å². The predicted octanol–water partition coefficient (Wildman–Crippen LogP) is 2.08. The molecule has 3 aliphatic rings. The minimum absolute atomic E-state index is 0.264. The summed E-state index contributed by atoms with van der Waals surface area (Å²) in [7, 11) is 0. The molecule has 2 N–H and O–H groups in total. The molecule has 30 heavy (non-hydrogen) atoms. The van der Waals surface area contributed by atoms with Crippen molar-refractivity contribution >= 4 is 11.9 Å². The number of carbonyl (C=O) groups excluding carboxylic acids is 1. The Kier molecular flexibility index (Phi) is 9.25. The molecule has 7 heteroatoms. The quantitative estimate of drug-likeness (QED) is 0.487. The van der Waals surface area contributed by atoms with Gasteiger partial charge in [-0.25, -0.2) is 0 Å². The van der Waals surface area contributed by atoms with Crippen LogP contribution in [0.25, 0.3) is 0 Å². The van der Waals surface area contributed by atoms with Crippen molar-refractivity contribution in [3.63, 3.8) is 0 Å². The molecule has 1 amide bonds. The first kappa shape index (κ1) is 23.3. The van der Waals surface area contributed by atoms with Crippen molar-refractivity contribution in [2.24, 2.45) is 16.8 Å². The highest BCUT2D eigenvalue weighted by Gasteiger charge is 2.32. The third kappa shape index (κ3) is 6.58. The Balaban J connectivity index is 1.53. The molecule has 0 bridgehead atoms. The fraction of sp³-hybridized carbons (Fsp3) is 0.913. The molecule has 3 fully saturated rings. The Morgan fingerprint density at radius 3 is 2.50 bits per heavy atom. The van der Waals surface area contributed by atoms with Crippen molar-refractivity contribution in [1.82, 2.24) is 20.4 Å². The van der Waals surface area contributed by atoms with Crippen LogP contribution in [0.15, 0.2) is 4.99 Å². The van der Waals surface area contributed by atoms with Gasteiger partial charge in [0, 0.05) is 50.7 Å². The Labute approximate surface area is 183 Å². The first-order valence-electron chi connectivity index (χ1n) is 12.2. The van der Waals surface area contributed by atoms with Crippen molar-refractivity contribution in [3.05, 3.63) is 0 Å². The summed E-state index contributed by atoms with van der Waals surface area (Å²) < 4.78 is 5.52. The van der Waals surface area contributed by atoms with Crippen LogP contribution in [-0.2, 0) is 9.53 Å². The first-order chi connectivity index (χ1) is 14.6. The number of carbonyl (C=O) groups is 1. The number of hydrogen-bond acceptors (Lipinski definition) is 4. The predicted molar refractivity (Wildman–Crippen MR) is 122 cm³/mol. The van der Waals surface area contributed by atoms with Crippen LogP contribution in [-0.4, -0.2) is 86.2 Å². The van der Waals surface area contributed by atoms with Crippen LogP contribution in [0.1, 0.15) is 59.3 Å². The van der Waals surface area contributed by atoms with Gasteiger partial charge in [-0.05, 0) is 32.1 Å². The summed E-state index contributed by atoms with van der Waals surface area (Å²) in [6, 6.07) is 0.716. The second-order valence-electron chi connectivity index (χ2n) is 9.43. The SMILES string of the molecule is CCNC(=NCC(C(C)C)N1CCOCC1)NC1CCN(C(=O)C2CCCCC2)C1. The van der Waals surface area contributed by atoms with Gasteiger partial charge in [-0.15, -0.1) is 0 Å². The maximum Gasteiger partial charge on any atom is 0.225 e. The molecule has 0 aromatic heterocycles. The largest absolute Gasteiger partial charge is 0.379 e. The molecule has 1 saturated carbocycles. The standard InChI is InChI=1S/C23H43N5O2/c1-4-24-23(25-16-21(18(2)3)27-12-14-30-15-13-27)26-20-10-11-28(17-20)22(29)19-8-6-5-7-9-19/h18-21H,4-17H2,1-3H3,(H2,24,25,26). The van der Waals surface area contributed by atoms with Crippen LogP contribution < -0.4 is 10.6 Å². The number of nitrogens with one attached hydrogen (secondary N) is 2. The van der Waals surface area contributed by atoms with Gasteiger partial charge in [-0.2, -0.15) is 0 Å². The molecular weight excluding hydrogens is 378 g/mol. The average molecular weight is 422 g/mol. The van der Waals surface area contributed by atoms with E-state index in [1.54, 1.807) is 0 Å². The summed E-state index contributed by atoms with van der Waals surface area (Å²) in [5.41, 5.74) is 0. The van der Waals surface area contributed by atoms with Gasteiger partial charge < -0.3 is 20.3 Å². The molecule has 2 unspecified atom stereocenters. The zero-order valence-electron chi connectivity index (χ0n) is 19.4. The number of guanidine groups is 1. The first-order valence-corrected chi connectivity index (χ1v) is 12.2. The van der Waals surface area contributed by atoms with Gasteiger partial charge in [-0.1, -0.05) is 33.1 Å². The normalized spacial score (nSPS) is 25.5. The minimum Gasteiger partial charge on any atom is -0.379 e. The van der Waals surface area contributed by atoms with E-state index in [1.165, 1.54) is 19.3 Å². The van der Waals surface area contributed by atoms with Gasteiger partial charge >= 0.3 is 0 Å². The third-order valence-corrected chi connectivity index (χ3v) is 6.86. The van der Waals surface area contributed by atoms with Crippen molar-refractivity contribution in [1.29, 1.82) is 0 Å². The van der Waals surface area contributed by atoms with Crippen molar-refractivity contribution in [3.8, 4) is 0 Å². The summed E-state index contributed by atoms with van der Waals surface area (Å²) in [4.78, 5) is 22.4. The highest BCUT2D eigenvalue weighted by Crippen LogP contribution is 2.26. The number of rotatable bonds is 7. The number of amides is 1. The van der Waals surface area contributed by atoms with Gasteiger partial charge in [0.05, 0.1) is 19.8 Å². The molecule has 1 aliphatic carbocycles. The monoisotopic (exact) mass is 421 g/mol. The zero-order chi connectivity index (χ0) is 21.3. The van der Waals surface area contributed by atoms with Crippen LogP contribution in [0.5, 0.6) is 0 Å². The number of nitrogens with zero attached hydrogens (tertiary/aromatic N) is 3. The van der Waals surface area contributed by atoms with E-state index < -0.39 is 0 Å². The fourth-order valence-electron chi connectivity index (χ4n) is 5.04. The summed E-state index contributed by atoms with van der Waals surface area (Å²) >= 11 is 0. The van der Waals surface area contributed by atoms with Gasteiger partial charge in [0.25, 0.3) is 0 Å². The van der Waals surface area contributed by atoms with E-state index in [9.17, 15) is 4.79 Å². The van der Waals surface area contributed by atoms with E-state index in [-0.39, 0.29) is 12.0 Å². The van der Waals surface area contributed by atoms with Crippen LogP contribution in [0.4, 0.5) is 0 Å². The molecule has 2 saturated heterocycles.